The molecule has 0 saturated carbocycles. The number of hydrogen-bond donors (Lipinski definition) is 2. The number of nitrogens with one attached hydrogen (secondary N) is 2. The summed E-state index contributed by atoms with van der Waals surface area (Å²) in [6, 6.07) is 10.2. The van der Waals surface area contributed by atoms with Crippen molar-refractivity contribution < 1.29 is 28.5 Å². The number of benzene rings is 2. The third-order valence-corrected chi connectivity index (χ3v) is 4.84. The number of carbonyl (C=O) groups excluding carboxylic acids is 2. The van der Waals surface area contributed by atoms with Crippen LogP contribution in [0.25, 0.3) is 0 Å². The van der Waals surface area contributed by atoms with Crippen molar-refractivity contribution in [1.29, 1.82) is 0 Å². The van der Waals surface area contributed by atoms with Crippen molar-refractivity contribution in [3.8, 4) is 23.0 Å². The van der Waals surface area contributed by atoms with Gasteiger partial charge in [0.1, 0.15) is 13.2 Å². The van der Waals surface area contributed by atoms with Gasteiger partial charge in [-0.1, -0.05) is 0 Å². The lowest BCUT2D eigenvalue weighted by atomic mass is 10.2. The first-order chi connectivity index (χ1) is 13.6. The Morgan fingerprint density at radius 1 is 0.964 bits per heavy atom. The molecule has 1 heterocycles. The van der Waals surface area contributed by atoms with Crippen LogP contribution in [0.4, 0.5) is 0 Å². The SMILES string of the molecule is COc1ccc(C(=O)NNC(=O)CSc2ccc3c(c2)OCCO3)cc1OC. The molecule has 2 aromatic rings. The second kappa shape index (κ2) is 9.23. The van der Waals surface area contributed by atoms with Crippen LogP contribution in [0.1, 0.15) is 10.4 Å². The summed E-state index contributed by atoms with van der Waals surface area (Å²) in [4.78, 5) is 25.1. The molecule has 8 nitrogen and oxygen atoms in total. The molecule has 0 aliphatic carbocycles. The lowest BCUT2D eigenvalue weighted by Gasteiger charge is -2.18. The van der Waals surface area contributed by atoms with Crippen LogP contribution in [-0.4, -0.2) is 45.0 Å². The van der Waals surface area contributed by atoms with Gasteiger partial charge < -0.3 is 18.9 Å². The molecule has 0 unspecified atom stereocenters. The number of thioether (sulfide) groups is 1. The topological polar surface area (TPSA) is 95.1 Å². The molecular formula is C19H20N2O6S. The van der Waals surface area contributed by atoms with E-state index in [0.717, 1.165) is 4.90 Å². The van der Waals surface area contributed by atoms with Crippen LogP contribution in [0.3, 0.4) is 0 Å². The lowest BCUT2D eigenvalue weighted by Crippen LogP contribution is -2.42. The van der Waals surface area contributed by atoms with Gasteiger partial charge in [-0.05, 0) is 36.4 Å². The fraction of sp³-hybridized carbons (Fsp3) is 0.263. The fourth-order valence-corrected chi connectivity index (χ4v) is 3.20. The minimum Gasteiger partial charge on any atom is -0.493 e. The van der Waals surface area contributed by atoms with Gasteiger partial charge >= 0.3 is 0 Å². The van der Waals surface area contributed by atoms with Crippen molar-refractivity contribution in [3.05, 3.63) is 42.0 Å². The van der Waals surface area contributed by atoms with E-state index >= 15 is 0 Å². The summed E-state index contributed by atoms with van der Waals surface area (Å²) in [6.45, 7) is 1.03. The third kappa shape index (κ3) is 4.80. The van der Waals surface area contributed by atoms with Gasteiger partial charge in [0, 0.05) is 10.5 Å². The van der Waals surface area contributed by atoms with Gasteiger partial charge in [0.15, 0.2) is 23.0 Å². The Hall–Kier alpha value is -3.07. The van der Waals surface area contributed by atoms with Crippen molar-refractivity contribution in [2.45, 2.75) is 4.90 Å². The number of hydrazine groups is 1. The molecule has 0 saturated heterocycles. The zero-order valence-electron chi connectivity index (χ0n) is 15.4. The van der Waals surface area contributed by atoms with Crippen molar-refractivity contribution in [1.82, 2.24) is 10.9 Å². The zero-order valence-corrected chi connectivity index (χ0v) is 16.3. The Kier molecular flexibility index (Phi) is 6.49. The zero-order chi connectivity index (χ0) is 19.9. The number of hydrogen-bond acceptors (Lipinski definition) is 7. The third-order valence-electron chi connectivity index (χ3n) is 3.84. The fourth-order valence-electron chi connectivity index (χ4n) is 2.47. The summed E-state index contributed by atoms with van der Waals surface area (Å²) < 4.78 is 21.3. The second-order valence-electron chi connectivity index (χ2n) is 5.67. The van der Waals surface area contributed by atoms with Gasteiger partial charge in [-0.15, -0.1) is 11.8 Å². The minimum atomic E-state index is -0.460. The standard InChI is InChI=1S/C19H20N2O6S/c1-24-14-5-3-12(9-16(14)25-2)19(23)21-20-18(22)11-28-13-4-6-15-17(10-13)27-8-7-26-15/h3-6,9-10H,7-8,11H2,1-2H3,(H,20,22)(H,21,23). The molecule has 1 aliphatic rings. The van der Waals surface area contributed by atoms with Gasteiger partial charge in [-0.2, -0.15) is 0 Å². The van der Waals surface area contributed by atoms with E-state index in [1.54, 1.807) is 12.1 Å². The summed E-state index contributed by atoms with van der Waals surface area (Å²) in [5.74, 6) is 1.63. The molecule has 0 aromatic heterocycles. The predicted molar refractivity (Wildman–Crippen MR) is 103 cm³/mol. The van der Waals surface area contributed by atoms with Crippen molar-refractivity contribution in [2.75, 3.05) is 33.2 Å². The first-order valence-electron chi connectivity index (χ1n) is 8.44. The maximum Gasteiger partial charge on any atom is 0.269 e. The molecule has 0 radical (unpaired) electrons. The highest BCUT2D eigenvalue weighted by Crippen LogP contribution is 2.34. The number of rotatable bonds is 6. The highest BCUT2D eigenvalue weighted by Gasteiger charge is 2.14. The Balaban J connectivity index is 1.49. The van der Waals surface area contributed by atoms with Gasteiger partial charge in [0.05, 0.1) is 20.0 Å². The van der Waals surface area contributed by atoms with Crippen molar-refractivity contribution in [2.24, 2.45) is 0 Å². The van der Waals surface area contributed by atoms with Gasteiger partial charge in [0.2, 0.25) is 5.91 Å². The number of amides is 2. The molecule has 1 aliphatic heterocycles. The molecule has 28 heavy (non-hydrogen) atoms. The Morgan fingerprint density at radius 2 is 1.71 bits per heavy atom. The smallest absolute Gasteiger partial charge is 0.269 e. The molecule has 2 N–H and O–H groups in total. The average molecular weight is 404 g/mol. The van der Waals surface area contributed by atoms with E-state index in [1.165, 1.54) is 32.0 Å². The highest BCUT2D eigenvalue weighted by atomic mass is 32.2. The predicted octanol–water partition coefficient (Wildman–Crippen LogP) is 2.03. The monoisotopic (exact) mass is 404 g/mol. The average Bonchev–Trinajstić information content (AvgIpc) is 2.75. The van der Waals surface area contributed by atoms with E-state index in [1.807, 2.05) is 18.2 Å². The summed E-state index contributed by atoms with van der Waals surface area (Å²) >= 11 is 1.32. The van der Waals surface area contributed by atoms with Crippen LogP contribution < -0.4 is 29.8 Å². The van der Waals surface area contributed by atoms with E-state index < -0.39 is 5.91 Å². The van der Waals surface area contributed by atoms with Crippen LogP contribution >= 0.6 is 11.8 Å². The minimum absolute atomic E-state index is 0.131. The van der Waals surface area contributed by atoms with Crippen LogP contribution in [0.2, 0.25) is 0 Å². The number of fused-ring (bicyclic) bond motifs is 1. The quantitative estimate of drug-likeness (QED) is 0.562. The van der Waals surface area contributed by atoms with Gasteiger partial charge in [0.25, 0.3) is 5.91 Å². The summed E-state index contributed by atoms with van der Waals surface area (Å²) in [6.07, 6.45) is 0. The molecule has 2 amide bonds. The summed E-state index contributed by atoms with van der Waals surface area (Å²) in [5, 5.41) is 0. The van der Waals surface area contributed by atoms with Crippen LogP contribution in [0.5, 0.6) is 23.0 Å². The Morgan fingerprint density at radius 3 is 2.46 bits per heavy atom. The molecule has 0 atom stereocenters. The molecule has 148 valence electrons. The van der Waals surface area contributed by atoms with E-state index in [2.05, 4.69) is 10.9 Å². The first-order valence-corrected chi connectivity index (χ1v) is 9.43. The van der Waals surface area contributed by atoms with E-state index in [-0.39, 0.29) is 11.7 Å². The summed E-state index contributed by atoms with van der Waals surface area (Å²) in [7, 11) is 2.99. The normalized spacial score (nSPS) is 12.1. The molecule has 0 spiro atoms. The molecule has 2 aromatic carbocycles. The summed E-state index contributed by atoms with van der Waals surface area (Å²) in [5.41, 5.74) is 5.10. The van der Waals surface area contributed by atoms with Crippen molar-refractivity contribution >= 4 is 23.6 Å². The highest BCUT2D eigenvalue weighted by molar-refractivity contribution is 8.00. The number of carbonyl (C=O) groups is 2. The largest absolute Gasteiger partial charge is 0.493 e. The van der Waals surface area contributed by atoms with Crippen LogP contribution in [-0.2, 0) is 4.79 Å². The van der Waals surface area contributed by atoms with E-state index in [9.17, 15) is 9.59 Å². The molecule has 0 fully saturated rings. The molecule has 9 heteroatoms. The Labute approximate surface area is 166 Å². The second-order valence-corrected chi connectivity index (χ2v) is 6.71. The lowest BCUT2D eigenvalue weighted by molar-refractivity contribution is -0.119. The van der Waals surface area contributed by atoms with Gasteiger partial charge in [-0.3, -0.25) is 20.4 Å². The maximum atomic E-state index is 12.2. The van der Waals surface area contributed by atoms with Crippen molar-refractivity contribution in [3.63, 3.8) is 0 Å². The van der Waals surface area contributed by atoms with Crippen LogP contribution in [0.15, 0.2) is 41.3 Å². The molecule has 3 rings (SSSR count). The van der Waals surface area contributed by atoms with Crippen LogP contribution in [0, 0.1) is 0 Å². The van der Waals surface area contributed by atoms with Gasteiger partial charge in [-0.25, -0.2) is 0 Å². The van der Waals surface area contributed by atoms with E-state index in [4.69, 9.17) is 18.9 Å². The molecular weight excluding hydrogens is 384 g/mol. The number of methoxy groups -OCH3 is 2. The Bertz CT molecular complexity index is 873. The first kappa shape index (κ1) is 19.7. The van der Waals surface area contributed by atoms with E-state index in [0.29, 0.717) is 41.8 Å². The molecule has 0 bridgehead atoms. The maximum absolute atomic E-state index is 12.2. The number of ether oxygens (including phenoxy) is 4.